The smallest absolute Gasteiger partial charge is 0.241 e. The van der Waals surface area contributed by atoms with Crippen LogP contribution in [0.4, 0.5) is 11.4 Å². The number of nitrogen functional groups attached to an aromatic ring is 1. The van der Waals surface area contributed by atoms with E-state index in [1.807, 2.05) is 14.0 Å². The maximum atomic E-state index is 12.4. The summed E-state index contributed by atoms with van der Waals surface area (Å²) in [4.78, 5) is 14.4. The van der Waals surface area contributed by atoms with Crippen LogP contribution in [0.5, 0.6) is 5.75 Å². The Balaban J connectivity index is 2.74. The van der Waals surface area contributed by atoms with Crippen molar-refractivity contribution in [1.82, 2.24) is 4.90 Å². The zero-order valence-electron chi connectivity index (χ0n) is 13.6. The molecule has 0 heterocycles. The summed E-state index contributed by atoms with van der Waals surface area (Å²) in [5.74, 6) is 1.10. The fourth-order valence-corrected chi connectivity index (χ4v) is 2.04. The van der Waals surface area contributed by atoms with Crippen molar-refractivity contribution in [3.63, 3.8) is 0 Å². The van der Waals surface area contributed by atoms with E-state index in [4.69, 9.17) is 10.5 Å². The first kappa shape index (κ1) is 17.3. The molecule has 5 nitrogen and oxygen atoms in total. The average molecular weight is 293 g/mol. The molecule has 0 aromatic heterocycles. The van der Waals surface area contributed by atoms with Crippen molar-refractivity contribution in [1.29, 1.82) is 0 Å². The molecule has 0 saturated heterocycles. The minimum Gasteiger partial charge on any atom is -0.495 e. The van der Waals surface area contributed by atoms with Gasteiger partial charge in [0.25, 0.3) is 0 Å². The highest BCUT2D eigenvalue weighted by Gasteiger charge is 2.20. The minimum atomic E-state index is -0.217. The first-order valence-corrected chi connectivity index (χ1v) is 7.33. The summed E-state index contributed by atoms with van der Waals surface area (Å²) in [7, 11) is 3.53. The van der Waals surface area contributed by atoms with E-state index < -0.39 is 0 Å². The third-order valence-electron chi connectivity index (χ3n) is 3.82. The van der Waals surface area contributed by atoms with Gasteiger partial charge in [-0.05, 0) is 38.1 Å². The Bertz CT molecular complexity index is 477. The van der Waals surface area contributed by atoms with Gasteiger partial charge in [-0.2, -0.15) is 0 Å². The Morgan fingerprint density at radius 2 is 2.10 bits per heavy atom. The maximum Gasteiger partial charge on any atom is 0.241 e. The Morgan fingerprint density at radius 1 is 1.43 bits per heavy atom. The van der Waals surface area contributed by atoms with Crippen LogP contribution < -0.4 is 15.8 Å². The number of hydrogen-bond acceptors (Lipinski definition) is 4. The van der Waals surface area contributed by atoms with Gasteiger partial charge >= 0.3 is 0 Å². The van der Waals surface area contributed by atoms with E-state index in [0.717, 1.165) is 13.0 Å². The fourth-order valence-electron chi connectivity index (χ4n) is 2.04. The summed E-state index contributed by atoms with van der Waals surface area (Å²) in [6.45, 7) is 7.12. The number of nitrogens with two attached hydrogens (primary N) is 1. The summed E-state index contributed by atoms with van der Waals surface area (Å²) in [6.07, 6.45) is 1.10. The molecule has 1 amide bonds. The van der Waals surface area contributed by atoms with Crippen LogP contribution in [-0.2, 0) is 4.79 Å². The largest absolute Gasteiger partial charge is 0.495 e. The third-order valence-corrected chi connectivity index (χ3v) is 3.82. The number of ether oxygens (including phenoxy) is 1. The number of anilines is 2. The van der Waals surface area contributed by atoms with Crippen molar-refractivity contribution in [2.75, 3.05) is 31.8 Å². The number of rotatable bonds is 7. The highest BCUT2D eigenvalue weighted by molar-refractivity contribution is 5.96. The number of nitrogens with one attached hydrogen (secondary N) is 1. The predicted molar refractivity (Wildman–Crippen MR) is 87.6 cm³/mol. The van der Waals surface area contributed by atoms with Gasteiger partial charge in [-0.15, -0.1) is 0 Å². The van der Waals surface area contributed by atoms with Gasteiger partial charge in [0.15, 0.2) is 0 Å². The molecule has 0 radical (unpaired) electrons. The molecule has 2 unspecified atom stereocenters. The Hall–Kier alpha value is -1.75. The van der Waals surface area contributed by atoms with Gasteiger partial charge in [0.1, 0.15) is 5.75 Å². The lowest BCUT2D eigenvalue weighted by atomic mass is 10.1. The summed E-state index contributed by atoms with van der Waals surface area (Å²) in [5.41, 5.74) is 6.95. The quantitative estimate of drug-likeness (QED) is 0.758. The molecule has 1 aromatic carbocycles. The van der Waals surface area contributed by atoms with Crippen LogP contribution in [0.3, 0.4) is 0 Å². The van der Waals surface area contributed by atoms with Crippen molar-refractivity contribution < 1.29 is 9.53 Å². The van der Waals surface area contributed by atoms with E-state index in [1.54, 1.807) is 25.3 Å². The molecule has 1 aromatic rings. The van der Waals surface area contributed by atoms with E-state index in [1.165, 1.54) is 0 Å². The molecule has 118 valence electrons. The van der Waals surface area contributed by atoms with Gasteiger partial charge in [0.05, 0.1) is 18.8 Å². The van der Waals surface area contributed by atoms with Gasteiger partial charge < -0.3 is 15.8 Å². The minimum absolute atomic E-state index is 0.0651. The van der Waals surface area contributed by atoms with E-state index in [9.17, 15) is 4.79 Å². The van der Waals surface area contributed by atoms with Gasteiger partial charge in [-0.1, -0.05) is 20.3 Å². The monoisotopic (exact) mass is 293 g/mol. The molecule has 0 aliphatic heterocycles. The lowest BCUT2D eigenvalue weighted by Gasteiger charge is -2.26. The Kier molecular flexibility index (Phi) is 6.49. The van der Waals surface area contributed by atoms with E-state index in [2.05, 4.69) is 24.1 Å². The number of nitrogens with zero attached hydrogens (tertiary/aromatic N) is 1. The van der Waals surface area contributed by atoms with E-state index in [0.29, 0.717) is 23.0 Å². The molecular formula is C16H27N3O2. The van der Waals surface area contributed by atoms with Gasteiger partial charge in [-0.3, -0.25) is 9.69 Å². The number of methoxy groups -OCH3 is 1. The lowest BCUT2D eigenvalue weighted by molar-refractivity contribution is -0.120. The molecular weight excluding hydrogens is 266 g/mol. The topological polar surface area (TPSA) is 67.6 Å². The van der Waals surface area contributed by atoms with Crippen LogP contribution in [-0.4, -0.2) is 37.6 Å². The predicted octanol–water partition coefficient (Wildman–Crippen LogP) is 2.58. The van der Waals surface area contributed by atoms with Crippen molar-refractivity contribution in [2.24, 2.45) is 5.92 Å². The average Bonchev–Trinajstić information content (AvgIpc) is 2.46. The molecule has 0 aliphatic rings. The Labute approximate surface area is 127 Å². The standard InChI is InChI=1S/C16H27N3O2/c1-6-11(2)10-19(4)12(3)16(20)18-14-9-13(17)7-8-15(14)21-5/h7-9,11-12H,6,10,17H2,1-5H3,(H,18,20). The zero-order chi connectivity index (χ0) is 16.0. The van der Waals surface area contributed by atoms with Crippen molar-refractivity contribution in [2.45, 2.75) is 33.2 Å². The molecule has 0 aliphatic carbocycles. The summed E-state index contributed by atoms with van der Waals surface area (Å²) >= 11 is 0. The SMILES string of the molecule is CCC(C)CN(C)C(C)C(=O)Nc1cc(N)ccc1OC. The van der Waals surface area contributed by atoms with Crippen molar-refractivity contribution in [3.8, 4) is 5.75 Å². The molecule has 3 N–H and O–H groups in total. The van der Waals surface area contributed by atoms with Crippen LogP contribution in [0.2, 0.25) is 0 Å². The highest BCUT2D eigenvalue weighted by atomic mass is 16.5. The molecule has 21 heavy (non-hydrogen) atoms. The van der Waals surface area contributed by atoms with Gasteiger partial charge in [-0.25, -0.2) is 0 Å². The van der Waals surface area contributed by atoms with Crippen LogP contribution >= 0.6 is 0 Å². The second-order valence-electron chi connectivity index (χ2n) is 5.58. The second kappa shape index (κ2) is 7.88. The number of carbonyl (C=O) groups excluding carboxylic acids is 1. The number of benzene rings is 1. The molecule has 0 fully saturated rings. The molecule has 0 spiro atoms. The molecule has 0 bridgehead atoms. The maximum absolute atomic E-state index is 12.4. The zero-order valence-corrected chi connectivity index (χ0v) is 13.6. The first-order chi connectivity index (χ1) is 9.88. The van der Waals surface area contributed by atoms with Gasteiger partial charge in [0.2, 0.25) is 5.91 Å². The number of likely N-dealkylation sites (N-methyl/N-ethyl adjacent to an activating group) is 1. The summed E-state index contributed by atoms with van der Waals surface area (Å²) < 4.78 is 5.24. The third kappa shape index (κ3) is 4.93. The lowest BCUT2D eigenvalue weighted by Crippen LogP contribution is -2.41. The summed E-state index contributed by atoms with van der Waals surface area (Å²) in [6, 6.07) is 4.98. The molecule has 5 heteroatoms. The van der Waals surface area contributed by atoms with Crippen LogP contribution in [0.15, 0.2) is 18.2 Å². The second-order valence-corrected chi connectivity index (χ2v) is 5.58. The number of amides is 1. The highest BCUT2D eigenvalue weighted by Crippen LogP contribution is 2.26. The van der Waals surface area contributed by atoms with Crippen molar-refractivity contribution >= 4 is 17.3 Å². The number of carbonyl (C=O) groups is 1. The molecule has 2 atom stereocenters. The van der Waals surface area contributed by atoms with E-state index >= 15 is 0 Å². The van der Waals surface area contributed by atoms with Crippen LogP contribution in [0.25, 0.3) is 0 Å². The summed E-state index contributed by atoms with van der Waals surface area (Å²) in [5, 5.41) is 2.89. The fraction of sp³-hybridized carbons (Fsp3) is 0.562. The Morgan fingerprint density at radius 3 is 2.67 bits per heavy atom. The van der Waals surface area contributed by atoms with E-state index in [-0.39, 0.29) is 11.9 Å². The normalized spacial score (nSPS) is 13.8. The molecule has 1 rings (SSSR count). The van der Waals surface area contributed by atoms with Crippen molar-refractivity contribution in [3.05, 3.63) is 18.2 Å². The van der Waals surface area contributed by atoms with Crippen LogP contribution in [0, 0.1) is 5.92 Å². The van der Waals surface area contributed by atoms with Gasteiger partial charge in [0, 0.05) is 12.2 Å². The molecule has 0 saturated carbocycles. The first-order valence-electron chi connectivity index (χ1n) is 7.33. The number of hydrogen-bond donors (Lipinski definition) is 2. The van der Waals surface area contributed by atoms with Crippen LogP contribution in [0.1, 0.15) is 27.2 Å².